The van der Waals surface area contributed by atoms with E-state index in [9.17, 15) is 0 Å². The average molecular weight is 285 g/mol. The van der Waals surface area contributed by atoms with Gasteiger partial charge in [0, 0.05) is 23.2 Å². The van der Waals surface area contributed by atoms with Crippen molar-refractivity contribution in [1.82, 2.24) is 0 Å². The van der Waals surface area contributed by atoms with Crippen LogP contribution in [0.4, 0.5) is 5.69 Å². The van der Waals surface area contributed by atoms with E-state index in [1.54, 1.807) is 12.1 Å². The van der Waals surface area contributed by atoms with Crippen LogP contribution in [0.25, 0.3) is 0 Å². The van der Waals surface area contributed by atoms with Gasteiger partial charge in [-0.1, -0.05) is 0 Å². The summed E-state index contributed by atoms with van der Waals surface area (Å²) >= 11 is 3.30. The molecular weight excluding hydrogens is 272 g/mol. The van der Waals surface area contributed by atoms with Crippen LogP contribution >= 0.6 is 15.9 Å². The first-order valence-corrected chi connectivity index (χ1v) is 5.68. The minimum Gasteiger partial charge on any atom is -0.395 e. The van der Waals surface area contributed by atoms with Crippen molar-refractivity contribution in [1.29, 1.82) is 5.26 Å². The fourth-order valence-corrected chi connectivity index (χ4v) is 1.86. The average Bonchev–Trinajstić information content (AvgIpc) is 2.28. The molecule has 0 radical (unpaired) electrons. The number of benzene rings is 1. The first-order valence-electron chi connectivity index (χ1n) is 4.89. The molecule has 0 aromatic heterocycles. The Hall–Kier alpha value is -1.09. The maximum Gasteiger partial charge on any atom is 0.100 e. The molecule has 0 amide bonds. The molecular formula is C11H13BrN2O2. The number of anilines is 1. The third-order valence-electron chi connectivity index (χ3n) is 2.18. The van der Waals surface area contributed by atoms with Gasteiger partial charge in [-0.05, 0) is 34.1 Å². The highest BCUT2D eigenvalue weighted by Crippen LogP contribution is 2.23. The van der Waals surface area contributed by atoms with E-state index in [0.717, 1.165) is 5.69 Å². The van der Waals surface area contributed by atoms with Crippen LogP contribution in [0.5, 0.6) is 0 Å². The monoisotopic (exact) mass is 284 g/mol. The van der Waals surface area contributed by atoms with Gasteiger partial charge in [0.25, 0.3) is 0 Å². The molecule has 0 saturated heterocycles. The van der Waals surface area contributed by atoms with E-state index >= 15 is 0 Å². The van der Waals surface area contributed by atoms with Gasteiger partial charge in [0.15, 0.2) is 0 Å². The summed E-state index contributed by atoms with van der Waals surface area (Å²) in [6, 6.07) is 7.38. The maximum atomic E-state index is 8.91. The van der Waals surface area contributed by atoms with Crippen LogP contribution in [0, 0.1) is 11.3 Å². The number of hydrogen-bond donors (Lipinski definition) is 2. The predicted molar refractivity (Wildman–Crippen MR) is 65.2 cm³/mol. The summed E-state index contributed by atoms with van der Waals surface area (Å²) in [5.41, 5.74) is 1.44. The molecule has 0 spiro atoms. The van der Waals surface area contributed by atoms with Gasteiger partial charge < -0.3 is 15.1 Å². The minimum absolute atomic E-state index is 0.0254. The Labute approximate surface area is 103 Å². The Morgan fingerprint density at radius 3 is 2.31 bits per heavy atom. The smallest absolute Gasteiger partial charge is 0.100 e. The Kier molecular flexibility index (Phi) is 5.26. The number of aliphatic hydroxyl groups excluding tert-OH is 2. The van der Waals surface area contributed by atoms with Crippen LogP contribution in [0.15, 0.2) is 22.7 Å². The summed E-state index contributed by atoms with van der Waals surface area (Å²) in [7, 11) is 0. The summed E-state index contributed by atoms with van der Waals surface area (Å²) < 4.78 is 0.716. The second kappa shape index (κ2) is 6.48. The Balaban J connectivity index is 2.93. The second-order valence-electron chi connectivity index (χ2n) is 3.21. The highest BCUT2D eigenvalue weighted by Gasteiger charge is 2.07. The van der Waals surface area contributed by atoms with Crippen LogP contribution in [0.2, 0.25) is 0 Å². The molecule has 0 aliphatic heterocycles. The summed E-state index contributed by atoms with van der Waals surface area (Å²) in [5.74, 6) is 0. The van der Waals surface area contributed by atoms with E-state index in [1.807, 2.05) is 11.0 Å². The number of nitriles is 1. The van der Waals surface area contributed by atoms with Gasteiger partial charge >= 0.3 is 0 Å². The zero-order chi connectivity index (χ0) is 12.0. The summed E-state index contributed by atoms with van der Waals surface area (Å²) in [6.45, 7) is 0.965. The van der Waals surface area contributed by atoms with Gasteiger partial charge in [0.1, 0.15) is 6.07 Å². The first-order chi connectivity index (χ1) is 7.72. The largest absolute Gasteiger partial charge is 0.395 e. The highest BCUT2D eigenvalue weighted by atomic mass is 79.9. The molecule has 4 nitrogen and oxygen atoms in total. The van der Waals surface area contributed by atoms with Crippen molar-refractivity contribution in [2.24, 2.45) is 0 Å². The third-order valence-corrected chi connectivity index (χ3v) is 2.83. The fraction of sp³-hybridized carbons (Fsp3) is 0.364. The van der Waals surface area contributed by atoms with E-state index in [2.05, 4.69) is 22.0 Å². The van der Waals surface area contributed by atoms with Crippen molar-refractivity contribution in [3.63, 3.8) is 0 Å². The lowest BCUT2D eigenvalue weighted by atomic mass is 10.2. The molecule has 0 bridgehead atoms. The lowest BCUT2D eigenvalue weighted by Gasteiger charge is -2.23. The lowest BCUT2D eigenvalue weighted by Crippen LogP contribution is -2.29. The fourth-order valence-electron chi connectivity index (χ4n) is 1.40. The molecule has 0 aliphatic carbocycles. The molecule has 1 aromatic carbocycles. The van der Waals surface area contributed by atoms with Gasteiger partial charge in [0.2, 0.25) is 0 Å². The SMILES string of the molecule is N#Cc1ccc(N(CCO)CCO)cc1Br. The zero-order valence-electron chi connectivity index (χ0n) is 8.73. The van der Waals surface area contributed by atoms with E-state index in [0.29, 0.717) is 23.1 Å². The number of hydrogen-bond acceptors (Lipinski definition) is 4. The van der Waals surface area contributed by atoms with E-state index in [-0.39, 0.29) is 13.2 Å². The van der Waals surface area contributed by atoms with Crippen molar-refractivity contribution in [2.75, 3.05) is 31.2 Å². The molecule has 2 N–H and O–H groups in total. The van der Waals surface area contributed by atoms with Gasteiger partial charge in [-0.2, -0.15) is 5.26 Å². The quantitative estimate of drug-likeness (QED) is 0.850. The number of rotatable bonds is 5. The van der Waals surface area contributed by atoms with Gasteiger partial charge in [-0.3, -0.25) is 0 Å². The molecule has 0 fully saturated rings. The molecule has 0 aliphatic rings. The van der Waals surface area contributed by atoms with Crippen LogP contribution in [0.3, 0.4) is 0 Å². The number of halogens is 1. The molecule has 5 heteroatoms. The van der Waals surface area contributed by atoms with Gasteiger partial charge in [-0.15, -0.1) is 0 Å². The molecule has 0 heterocycles. The van der Waals surface area contributed by atoms with Crippen LogP contribution in [0.1, 0.15) is 5.56 Å². The van der Waals surface area contributed by atoms with E-state index in [4.69, 9.17) is 15.5 Å². The highest BCUT2D eigenvalue weighted by molar-refractivity contribution is 9.10. The second-order valence-corrected chi connectivity index (χ2v) is 4.06. The summed E-state index contributed by atoms with van der Waals surface area (Å²) in [4.78, 5) is 1.85. The Morgan fingerprint density at radius 2 is 1.88 bits per heavy atom. The van der Waals surface area contributed by atoms with E-state index < -0.39 is 0 Å². The third kappa shape index (κ3) is 3.20. The summed E-state index contributed by atoms with van der Waals surface area (Å²) in [6.07, 6.45) is 0. The van der Waals surface area contributed by atoms with Crippen molar-refractivity contribution in [3.05, 3.63) is 28.2 Å². The lowest BCUT2D eigenvalue weighted by molar-refractivity contribution is 0.281. The van der Waals surface area contributed by atoms with Crippen molar-refractivity contribution >= 4 is 21.6 Å². The maximum absolute atomic E-state index is 8.91. The van der Waals surface area contributed by atoms with Gasteiger partial charge in [0.05, 0.1) is 18.8 Å². The number of nitrogens with zero attached hydrogens (tertiary/aromatic N) is 2. The van der Waals surface area contributed by atoms with Crippen LogP contribution in [-0.4, -0.2) is 36.5 Å². The topological polar surface area (TPSA) is 67.5 Å². The molecule has 1 rings (SSSR count). The molecule has 0 unspecified atom stereocenters. The van der Waals surface area contributed by atoms with Gasteiger partial charge in [-0.25, -0.2) is 0 Å². The molecule has 1 aromatic rings. The Morgan fingerprint density at radius 1 is 1.25 bits per heavy atom. The molecule has 0 atom stereocenters. The van der Waals surface area contributed by atoms with Crippen LogP contribution in [-0.2, 0) is 0 Å². The molecule has 16 heavy (non-hydrogen) atoms. The predicted octanol–water partition coefficient (Wildman–Crippen LogP) is 1.11. The zero-order valence-corrected chi connectivity index (χ0v) is 10.3. The normalized spacial score (nSPS) is 9.88. The molecule has 0 saturated carbocycles. The van der Waals surface area contributed by atoms with E-state index in [1.165, 1.54) is 0 Å². The van der Waals surface area contributed by atoms with Crippen LogP contribution < -0.4 is 4.90 Å². The molecule has 86 valence electrons. The summed E-state index contributed by atoms with van der Waals surface area (Å²) in [5, 5.41) is 26.6. The van der Waals surface area contributed by atoms with Crippen molar-refractivity contribution in [2.45, 2.75) is 0 Å². The standard InChI is InChI=1S/C11H13BrN2O2/c12-11-7-10(2-1-9(11)8-13)14(3-5-15)4-6-16/h1-2,7,15-16H,3-6H2. The minimum atomic E-state index is 0.0254. The van der Waals surface area contributed by atoms with Crippen molar-refractivity contribution < 1.29 is 10.2 Å². The first kappa shape index (κ1) is 13.0. The van der Waals surface area contributed by atoms with Crippen molar-refractivity contribution in [3.8, 4) is 6.07 Å². The number of aliphatic hydroxyl groups is 2. The Bertz CT molecular complexity index is 384.